The maximum atomic E-state index is 12.6. The van der Waals surface area contributed by atoms with Crippen molar-refractivity contribution in [2.24, 2.45) is 0 Å². The van der Waals surface area contributed by atoms with Gasteiger partial charge in [-0.3, -0.25) is 0 Å². The monoisotopic (exact) mass is 216 g/mol. The van der Waals surface area contributed by atoms with Gasteiger partial charge in [-0.05, 0) is 36.1 Å². The first kappa shape index (κ1) is 10.3. The van der Waals surface area contributed by atoms with Gasteiger partial charge in [-0.15, -0.1) is 0 Å². The smallest absolute Gasteiger partial charge is 0.395 e. The van der Waals surface area contributed by atoms with Crippen molar-refractivity contribution in [1.82, 2.24) is 0 Å². The number of alkyl halides is 3. The van der Waals surface area contributed by atoms with Crippen LogP contribution in [0.5, 0.6) is 5.75 Å². The van der Waals surface area contributed by atoms with Gasteiger partial charge in [-0.2, -0.15) is 13.2 Å². The molecule has 1 atom stereocenters. The van der Waals surface area contributed by atoms with Gasteiger partial charge in [0.05, 0.1) is 13.0 Å². The highest BCUT2D eigenvalue weighted by molar-refractivity contribution is 5.41. The zero-order valence-corrected chi connectivity index (χ0v) is 8.27. The van der Waals surface area contributed by atoms with E-state index in [0.29, 0.717) is 17.7 Å². The number of fused-ring (bicyclic) bond motifs is 1. The van der Waals surface area contributed by atoms with Crippen LogP contribution in [0.4, 0.5) is 13.2 Å². The van der Waals surface area contributed by atoms with Gasteiger partial charge in [0.15, 0.2) is 0 Å². The van der Waals surface area contributed by atoms with E-state index >= 15 is 0 Å². The Morgan fingerprint density at radius 3 is 2.67 bits per heavy atom. The maximum absolute atomic E-state index is 12.6. The van der Waals surface area contributed by atoms with Gasteiger partial charge < -0.3 is 4.74 Å². The van der Waals surface area contributed by atoms with Crippen molar-refractivity contribution in [3.63, 3.8) is 0 Å². The molecule has 0 N–H and O–H groups in total. The Kier molecular flexibility index (Phi) is 2.37. The molecule has 15 heavy (non-hydrogen) atoms. The summed E-state index contributed by atoms with van der Waals surface area (Å²) in [5, 5.41) is 0. The second-order valence-corrected chi connectivity index (χ2v) is 3.70. The zero-order chi connectivity index (χ0) is 11.1. The molecule has 0 radical (unpaired) electrons. The number of aryl methyl sites for hydroxylation is 1. The summed E-state index contributed by atoms with van der Waals surface area (Å²) in [6.07, 6.45) is -3.48. The summed E-state index contributed by atoms with van der Waals surface area (Å²) in [6, 6.07) is 4.81. The highest BCUT2D eigenvalue weighted by Gasteiger charge is 2.44. The van der Waals surface area contributed by atoms with Crippen LogP contribution in [0.1, 0.15) is 23.5 Å². The molecule has 0 spiro atoms. The molecule has 1 aromatic carbocycles. The quantitative estimate of drug-likeness (QED) is 0.700. The predicted molar refractivity (Wildman–Crippen MR) is 50.1 cm³/mol. The fourth-order valence-electron chi connectivity index (χ4n) is 2.06. The Labute approximate surface area is 85.9 Å². The molecule has 1 aliphatic carbocycles. The highest BCUT2D eigenvalue weighted by atomic mass is 19.4. The fraction of sp³-hybridized carbons (Fsp3) is 0.455. The number of methoxy groups -OCH3 is 1. The van der Waals surface area contributed by atoms with Gasteiger partial charge in [0.1, 0.15) is 5.75 Å². The fourth-order valence-corrected chi connectivity index (χ4v) is 2.06. The summed E-state index contributed by atoms with van der Waals surface area (Å²) in [6.45, 7) is 0. The minimum Gasteiger partial charge on any atom is -0.497 e. The van der Waals surface area contributed by atoms with Crippen molar-refractivity contribution in [3.8, 4) is 5.75 Å². The van der Waals surface area contributed by atoms with Crippen LogP contribution in [-0.2, 0) is 6.42 Å². The summed E-state index contributed by atoms with van der Waals surface area (Å²) in [5.74, 6) is -0.671. The van der Waals surface area contributed by atoms with Gasteiger partial charge in [-0.25, -0.2) is 0 Å². The predicted octanol–water partition coefficient (Wildman–Crippen LogP) is 3.29. The number of benzene rings is 1. The lowest BCUT2D eigenvalue weighted by Crippen LogP contribution is -2.18. The summed E-state index contributed by atoms with van der Waals surface area (Å²) >= 11 is 0. The molecule has 0 aliphatic heterocycles. The van der Waals surface area contributed by atoms with Gasteiger partial charge in [0.25, 0.3) is 0 Å². The number of ether oxygens (including phenoxy) is 1. The van der Waals surface area contributed by atoms with Crippen LogP contribution in [-0.4, -0.2) is 13.3 Å². The molecule has 1 aliphatic rings. The van der Waals surface area contributed by atoms with Crippen LogP contribution in [0.25, 0.3) is 0 Å². The molecule has 0 heterocycles. The molecule has 2 rings (SSSR count). The molecule has 0 fully saturated rings. The largest absolute Gasteiger partial charge is 0.497 e. The van der Waals surface area contributed by atoms with Crippen LogP contribution in [0.15, 0.2) is 18.2 Å². The maximum Gasteiger partial charge on any atom is 0.395 e. The summed E-state index contributed by atoms with van der Waals surface area (Å²) < 4.78 is 42.8. The Balaban J connectivity index is 2.36. The lowest BCUT2D eigenvalue weighted by atomic mass is 10.0. The third-order valence-electron chi connectivity index (χ3n) is 2.82. The van der Waals surface area contributed by atoms with Crippen molar-refractivity contribution >= 4 is 0 Å². The normalized spacial score (nSPS) is 20.1. The van der Waals surface area contributed by atoms with Gasteiger partial charge in [0, 0.05) is 0 Å². The molecule has 1 aromatic rings. The number of hydrogen-bond acceptors (Lipinski definition) is 1. The molecular weight excluding hydrogens is 205 g/mol. The van der Waals surface area contributed by atoms with Crippen LogP contribution in [0, 0.1) is 0 Å². The summed E-state index contributed by atoms with van der Waals surface area (Å²) in [5.41, 5.74) is 1.17. The van der Waals surface area contributed by atoms with Gasteiger partial charge >= 0.3 is 6.18 Å². The van der Waals surface area contributed by atoms with Crippen LogP contribution in [0.2, 0.25) is 0 Å². The Morgan fingerprint density at radius 2 is 2.07 bits per heavy atom. The van der Waals surface area contributed by atoms with Crippen LogP contribution in [0.3, 0.4) is 0 Å². The van der Waals surface area contributed by atoms with E-state index in [1.54, 1.807) is 12.1 Å². The number of hydrogen-bond donors (Lipinski definition) is 0. The molecule has 4 heteroatoms. The van der Waals surface area contributed by atoms with Crippen molar-refractivity contribution < 1.29 is 17.9 Å². The van der Waals surface area contributed by atoms with Crippen molar-refractivity contribution in [2.75, 3.05) is 7.11 Å². The molecule has 0 saturated heterocycles. The van der Waals surface area contributed by atoms with E-state index in [1.165, 1.54) is 13.2 Å². The molecule has 82 valence electrons. The molecule has 0 amide bonds. The second-order valence-electron chi connectivity index (χ2n) is 3.70. The molecule has 1 nitrogen and oxygen atoms in total. The van der Waals surface area contributed by atoms with Crippen molar-refractivity contribution in [2.45, 2.75) is 24.9 Å². The van der Waals surface area contributed by atoms with E-state index in [-0.39, 0.29) is 6.42 Å². The minimum atomic E-state index is -4.13. The Hall–Kier alpha value is -1.19. The number of rotatable bonds is 1. The van der Waals surface area contributed by atoms with E-state index in [2.05, 4.69) is 0 Å². The lowest BCUT2D eigenvalue weighted by Gasteiger charge is -2.15. The molecule has 0 saturated carbocycles. The average Bonchev–Trinajstić information content (AvgIpc) is 2.59. The zero-order valence-electron chi connectivity index (χ0n) is 8.27. The Morgan fingerprint density at radius 1 is 1.33 bits per heavy atom. The Bertz CT molecular complexity index is 371. The van der Waals surface area contributed by atoms with E-state index in [9.17, 15) is 13.2 Å². The third-order valence-corrected chi connectivity index (χ3v) is 2.82. The lowest BCUT2D eigenvalue weighted by molar-refractivity contribution is -0.149. The SMILES string of the molecule is COc1ccc2c(c1)CCC2C(F)(F)F. The first-order chi connectivity index (χ1) is 7.02. The molecule has 1 unspecified atom stereocenters. The van der Waals surface area contributed by atoms with E-state index in [1.807, 2.05) is 0 Å². The minimum absolute atomic E-state index is 0.159. The topological polar surface area (TPSA) is 9.23 Å². The number of halogens is 3. The summed E-state index contributed by atoms with van der Waals surface area (Å²) in [7, 11) is 1.51. The molecule has 0 aromatic heterocycles. The standard InChI is InChI=1S/C11H11F3O/c1-15-8-3-4-9-7(6-8)2-5-10(9)11(12,13)14/h3-4,6,10H,2,5H2,1H3. The van der Waals surface area contributed by atoms with Crippen molar-refractivity contribution in [3.05, 3.63) is 29.3 Å². The highest BCUT2D eigenvalue weighted by Crippen LogP contribution is 2.44. The molecule has 0 bridgehead atoms. The van der Waals surface area contributed by atoms with Gasteiger partial charge in [-0.1, -0.05) is 6.07 Å². The summed E-state index contributed by atoms with van der Waals surface area (Å²) in [4.78, 5) is 0. The van der Waals surface area contributed by atoms with Crippen LogP contribution < -0.4 is 4.74 Å². The van der Waals surface area contributed by atoms with Crippen LogP contribution >= 0.6 is 0 Å². The second kappa shape index (κ2) is 3.43. The molecular formula is C11H11F3O. The van der Waals surface area contributed by atoms with Crippen molar-refractivity contribution in [1.29, 1.82) is 0 Å². The first-order valence-corrected chi connectivity index (χ1v) is 4.76. The third kappa shape index (κ3) is 1.80. The van der Waals surface area contributed by atoms with E-state index < -0.39 is 12.1 Å². The van der Waals surface area contributed by atoms with E-state index in [0.717, 1.165) is 5.56 Å². The van der Waals surface area contributed by atoms with Gasteiger partial charge in [0.2, 0.25) is 0 Å². The first-order valence-electron chi connectivity index (χ1n) is 4.76. The average molecular weight is 216 g/mol. The van der Waals surface area contributed by atoms with E-state index in [4.69, 9.17) is 4.74 Å².